The van der Waals surface area contributed by atoms with Crippen LogP contribution in [0.4, 0.5) is 4.79 Å². The maximum absolute atomic E-state index is 13.3. The minimum atomic E-state index is -1.39. The van der Waals surface area contributed by atoms with Gasteiger partial charge in [-0.2, -0.15) is 0 Å². The van der Waals surface area contributed by atoms with Gasteiger partial charge < -0.3 is 30.7 Å². The van der Waals surface area contributed by atoms with Gasteiger partial charge in [-0.15, -0.1) is 0 Å². The number of carbonyl (C=O) groups is 5. The summed E-state index contributed by atoms with van der Waals surface area (Å²) in [5.74, 6) is -2.98. The summed E-state index contributed by atoms with van der Waals surface area (Å²) in [6, 6.07) is 4.07. The zero-order valence-electron chi connectivity index (χ0n) is 20.0. The Balaban J connectivity index is 3.30. The highest BCUT2D eigenvalue weighted by molar-refractivity contribution is 5.95. The predicted molar refractivity (Wildman–Crippen MR) is 124 cm³/mol. The molecule has 0 spiro atoms. The number of rotatable bonds is 10. The Labute approximate surface area is 198 Å². The normalized spacial score (nSPS) is 12.5. The molecule has 0 aromatic heterocycles. The van der Waals surface area contributed by atoms with Gasteiger partial charge >= 0.3 is 12.1 Å². The van der Waals surface area contributed by atoms with E-state index in [1.54, 1.807) is 51.1 Å². The molecule has 0 heterocycles. The lowest BCUT2D eigenvalue weighted by atomic mass is 10.0. The number of alkyl carbamates (subject to hydrolysis) is 1. The number of nitrogens with one attached hydrogen (secondary N) is 2. The van der Waals surface area contributed by atoms with E-state index in [1.165, 1.54) is 14.2 Å². The summed E-state index contributed by atoms with van der Waals surface area (Å²) in [5, 5.41) is 4.76. The number of nitrogens with zero attached hydrogens (tertiary/aromatic N) is 1. The van der Waals surface area contributed by atoms with E-state index in [0.29, 0.717) is 11.1 Å². The van der Waals surface area contributed by atoms with Crippen LogP contribution < -0.4 is 16.4 Å². The molecule has 1 rings (SSSR count). The van der Waals surface area contributed by atoms with Gasteiger partial charge in [0.15, 0.2) is 0 Å². The second-order valence-electron chi connectivity index (χ2n) is 8.39. The number of esters is 1. The van der Waals surface area contributed by atoms with Crippen LogP contribution in [0.1, 0.15) is 44.4 Å². The topological polar surface area (TPSA) is 157 Å². The molecule has 0 aliphatic rings. The van der Waals surface area contributed by atoms with Crippen molar-refractivity contribution in [3.8, 4) is 0 Å². The van der Waals surface area contributed by atoms with Crippen LogP contribution in [-0.4, -0.2) is 67.0 Å². The molecule has 1 aromatic carbocycles. The van der Waals surface area contributed by atoms with E-state index in [9.17, 15) is 24.0 Å². The summed E-state index contributed by atoms with van der Waals surface area (Å²) in [4.78, 5) is 62.7. The number of benzene rings is 1. The molecule has 0 saturated carbocycles. The molecule has 34 heavy (non-hydrogen) atoms. The maximum Gasteiger partial charge on any atom is 0.408 e. The van der Waals surface area contributed by atoms with Crippen molar-refractivity contribution in [1.29, 1.82) is 0 Å². The van der Waals surface area contributed by atoms with Gasteiger partial charge in [0.05, 0.1) is 13.5 Å². The number of primary amides is 1. The first-order chi connectivity index (χ1) is 15.8. The first-order valence-electron chi connectivity index (χ1n) is 10.4. The van der Waals surface area contributed by atoms with Gasteiger partial charge in [-0.3, -0.25) is 19.2 Å². The molecule has 1 aromatic rings. The molecule has 4 N–H and O–H groups in total. The van der Waals surface area contributed by atoms with Crippen molar-refractivity contribution in [2.75, 3.05) is 20.7 Å². The van der Waals surface area contributed by atoms with E-state index in [2.05, 4.69) is 21.9 Å². The summed E-state index contributed by atoms with van der Waals surface area (Å²) < 4.78 is 9.70. The molecule has 0 saturated heterocycles. The SMILES string of the molecule is C=Cc1cccc(C(C(=O)NCC(=O)OC)N(C)C(=O)C(CC(N)=O)NC(=O)OC(C)(C)C)c1. The standard InChI is InChI=1S/C23H32N4O7/c1-7-14-9-8-10-15(11-14)19(20(30)25-13-18(29)33-6)27(5)21(31)16(12-17(24)28)26-22(32)34-23(2,3)4/h7-11,16,19H,1,12-13H2,2-6H3,(H2,24,28)(H,25,30)(H,26,32). The molecule has 0 aliphatic heterocycles. The maximum atomic E-state index is 13.3. The fraction of sp³-hybridized carbons (Fsp3) is 0.435. The van der Waals surface area contributed by atoms with Crippen LogP contribution in [0.15, 0.2) is 30.8 Å². The van der Waals surface area contributed by atoms with Gasteiger partial charge in [0.2, 0.25) is 17.7 Å². The third kappa shape index (κ3) is 8.93. The average molecular weight is 477 g/mol. The highest BCUT2D eigenvalue weighted by Crippen LogP contribution is 2.23. The third-order valence-electron chi connectivity index (χ3n) is 4.47. The van der Waals surface area contributed by atoms with Crippen LogP contribution >= 0.6 is 0 Å². The molecular weight excluding hydrogens is 444 g/mol. The minimum Gasteiger partial charge on any atom is -0.468 e. The number of methoxy groups -OCH3 is 1. The Hall–Kier alpha value is -3.89. The van der Waals surface area contributed by atoms with Crippen molar-refractivity contribution >= 4 is 35.9 Å². The molecule has 0 radical (unpaired) electrons. The number of carbonyl (C=O) groups excluding carboxylic acids is 5. The van der Waals surface area contributed by atoms with Crippen molar-refractivity contribution in [1.82, 2.24) is 15.5 Å². The fourth-order valence-electron chi connectivity index (χ4n) is 2.96. The van der Waals surface area contributed by atoms with E-state index in [-0.39, 0.29) is 0 Å². The van der Waals surface area contributed by atoms with Gasteiger partial charge in [-0.25, -0.2) is 4.79 Å². The van der Waals surface area contributed by atoms with Crippen molar-refractivity contribution in [2.24, 2.45) is 5.73 Å². The number of likely N-dealkylation sites (N-methyl/N-ethyl adjacent to an activating group) is 1. The second kappa shape index (κ2) is 12.4. The molecule has 0 aliphatic carbocycles. The van der Waals surface area contributed by atoms with Crippen molar-refractivity contribution in [3.05, 3.63) is 42.0 Å². The van der Waals surface area contributed by atoms with Crippen molar-refractivity contribution in [3.63, 3.8) is 0 Å². The Kier molecular flexibility index (Phi) is 10.2. The Bertz CT molecular complexity index is 939. The summed E-state index contributed by atoms with van der Waals surface area (Å²) in [6.45, 7) is 8.18. The van der Waals surface area contributed by atoms with Crippen molar-refractivity contribution < 1.29 is 33.4 Å². The van der Waals surface area contributed by atoms with Crippen LogP contribution in [0.2, 0.25) is 0 Å². The van der Waals surface area contributed by atoms with Gasteiger partial charge in [0.25, 0.3) is 0 Å². The zero-order chi connectivity index (χ0) is 26.1. The number of amides is 4. The average Bonchev–Trinajstić information content (AvgIpc) is 2.75. The van der Waals surface area contributed by atoms with E-state index in [4.69, 9.17) is 10.5 Å². The number of ether oxygens (including phenoxy) is 2. The fourth-order valence-corrected chi connectivity index (χ4v) is 2.96. The lowest BCUT2D eigenvalue weighted by molar-refractivity contribution is -0.144. The molecule has 186 valence electrons. The molecular formula is C23H32N4O7. The number of nitrogens with two attached hydrogens (primary N) is 1. The molecule has 11 heteroatoms. The smallest absolute Gasteiger partial charge is 0.408 e. The lowest BCUT2D eigenvalue weighted by Crippen LogP contribution is -2.53. The molecule has 4 amide bonds. The van der Waals surface area contributed by atoms with E-state index < -0.39 is 60.4 Å². The lowest BCUT2D eigenvalue weighted by Gasteiger charge is -2.31. The Morgan fingerprint density at radius 2 is 1.85 bits per heavy atom. The second-order valence-corrected chi connectivity index (χ2v) is 8.39. The van der Waals surface area contributed by atoms with Gasteiger partial charge in [0, 0.05) is 7.05 Å². The molecule has 2 unspecified atom stereocenters. The Morgan fingerprint density at radius 3 is 2.38 bits per heavy atom. The summed E-state index contributed by atoms with van der Waals surface area (Å²) in [7, 11) is 2.50. The van der Waals surface area contributed by atoms with Crippen LogP contribution in [0.3, 0.4) is 0 Å². The monoisotopic (exact) mass is 476 g/mol. The largest absolute Gasteiger partial charge is 0.468 e. The highest BCUT2D eigenvalue weighted by Gasteiger charge is 2.35. The van der Waals surface area contributed by atoms with Gasteiger partial charge in [-0.1, -0.05) is 30.9 Å². The van der Waals surface area contributed by atoms with Crippen LogP contribution in [0, 0.1) is 0 Å². The highest BCUT2D eigenvalue weighted by atomic mass is 16.6. The first kappa shape index (κ1) is 28.1. The van der Waals surface area contributed by atoms with Crippen LogP contribution in [-0.2, 0) is 28.7 Å². The number of hydrogen-bond donors (Lipinski definition) is 3. The van der Waals surface area contributed by atoms with E-state index in [1.807, 2.05) is 0 Å². The third-order valence-corrected chi connectivity index (χ3v) is 4.47. The quantitative estimate of drug-likeness (QED) is 0.423. The predicted octanol–water partition coefficient (Wildman–Crippen LogP) is 0.887. The summed E-state index contributed by atoms with van der Waals surface area (Å²) >= 11 is 0. The van der Waals surface area contributed by atoms with E-state index in [0.717, 1.165) is 4.90 Å². The van der Waals surface area contributed by atoms with Crippen molar-refractivity contribution in [2.45, 2.75) is 44.9 Å². The molecule has 0 bridgehead atoms. The summed E-state index contributed by atoms with van der Waals surface area (Å²) in [5.41, 5.74) is 5.52. The van der Waals surface area contributed by atoms with Crippen LogP contribution in [0.5, 0.6) is 0 Å². The molecule has 2 atom stereocenters. The Morgan fingerprint density at radius 1 is 1.21 bits per heavy atom. The van der Waals surface area contributed by atoms with Crippen LogP contribution in [0.25, 0.3) is 6.08 Å². The van der Waals surface area contributed by atoms with Gasteiger partial charge in [0.1, 0.15) is 24.2 Å². The first-order valence-corrected chi connectivity index (χ1v) is 10.4. The summed E-state index contributed by atoms with van der Waals surface area (Å²) in [6.07, 6.45) is 0.112. The zero-order valence-corrected chi connectivity index (χ0v) is 20.0. The molecule has 0 fully saturated rings. The van der Waals surface area contributed by atoms with Gasteiger partial charge in [-0.05, 0) is 38.0 Å². The van der Waals surface area contributed by atoms with E-state index >= 15 is 0 Å². The number of hydrogen-bond acceptors (Lipinski definition) is 7. The minimum absolute atomic E-state index is 0.408. The molecule has 11 nitrogen and oxygen atoms in total.